The van der Waals surface area contributed by atoms with Gasteiger partial charge in [0.1, 0.15) is 0 Å². The first-order valence-electron chi connectivity index (χ1n) is 9.37. The molecule has 1 aromatic rings. The first-order valence-corrected chi connectivity index (χ1v) is 9.37. The number of phenolic OH excluding ortho intramolecular Hbond substituents is 1. The van der Waals surface area contributed by atoms with Gasteiger partial charge in [-0.05, 0) is 38.8 Å². The number of rotatable bonds is 6. The molecule has 1 amide bonds. The van der Waals surface area contributed by atoms with Crippen molar-refractivity contribution in [3.63, 3.8) is 0 Å². The lowest BCUT2D eigenvalue weighted by molar-refractivity contribution is -0.136. The fourth-order valence-electron chi connectivity index (χ4n) is 3.52. The van der Waals surface area contributed by atoms with Crippen LogP contribution in [-0.2, 0) is 19.1 Å². The van der Waals surface area contributed by atoms with Crippen LogP contribution in [0, 0.1) is 0 Å². The van der Waals surface area contributed by atoms with Crippen LogP contribution in [0.2, 0.25) is 0 Å². The van der Waals surface area contributed by atoms with Crippen molar-refractivity contribution in [1.82, 2.24) is 4.90 Å². The van der Waals surface area contributed by atoms with Crippen molar-refractivity contribution in [2.45, 2.75) is 32.8 Å². The van der Waals surface area contributed by atoms with Gasteiger partial charge in [0.15, 0.2) is 11.5 Å². The van der Waals surface area contributed by atoms with Crippen molar-refractivity contribution < 1.29 is 28.9 Å². The summed E-state index contributed by atoms with van der Waals surface area (Å²) < 4.78 is 15.9. The maximum atomic E-state index is 13.1. The van der Waals surface area contributed by atoms with Crippen LogP contribution in [0.25, 0.3) is 6.08 Å². The van der Waals surface area contributed by atoms with E-state index in [4.69, 9.17) is 14.2 Å². The van der Waals surface area contributed by atoms with E-state index in [0.29, 0.717) is 36.8 Å². The second kappa shape index (κ2) is 8.48. The number of hydrogen-bond donors (Lipinski definition) is 1. The normalized spacial score (nSPS) is 21.0. The largest absolute Gasteiger partial charge is 0.504 e. The Kier molecular flexibility index (Phi) is 6.04. The number of benzene rings is 1. The zero-order chi connectivity index (χ0) is 20.3. The zero-order valence-corrected chi connectivity index (χ0v) is 16.4. The second-order valence-corrected chi connectivity index (χ2v) is 6.69. The first-order chi connectivity index (χ1) is 13.5. The highest BCUT2D eigenvalue weighted by Gasteiger charge is 2.38. The number of methoxy groups -OCH3 is 1. The van der Waals surface area contributed by atoms with Crippen LogP contribution in [0.4, 0.5) is 0 Å². The summed E-state index contributed by atoms with van der Waals surface area (Å²) in [5, 5.41) is 10.5. The number of amides is 1. The predicted molar refractivity (Wildman–Crippen MR) is 103 cm³/mol. The minimum absolute atomic E-state index is 0.0492. The highest BCUT2D eigenvalue weighted by molar-refractivity contribution is 6.16. The zero-order valence-electron chi connectivity index (χ0n) is 16.4. The van der Waals surface area contributed by atoms with Gasteiger partial charge in [0, 0.05) is 17.9 Å². The van der Waals surface area contributed by atoms with Gasteiger partial charge < -0.3 is 24.2 Å². The molecule has 0 bridgehead atoms. The van der Waals surface area contributed by atoms with E-state index in [1.807, 2.05) is 6.92 Å². The molecule has 2 aliphatic heterocycles. The molecule has 0 radical (unpaired) electrons. The van der Waals surface area contributed by atoms with Gasteiger partial charge in [0.05, 0.1) is 37.5 Å². The average molecular weight is 387 g/mol. The Balaban J connectivity index is 2.01. The predicted octanol–water partition coefficient (Wildman–Crippen LogP) is 2.64. The van der Waals surface area contributed by atoms with Crippen LogP contribution in [0.15, 0.2) is 35.0 Å². The van der Waals surface area contributed by atoms with E-state index in [2.05, 4.69) is 0 Å². The van der Waals surface area contributed by atoms with E-state index in [0.717, 1.165) is 12.8 Å². The molecule has 7 nitrogen and oxygen atoms in total. The molecule has 1 atom stereocenters. The van der Waals surface area contributed by atoms with Gasteiger partial charge in [0.2, 0.25) is 0 Å². The molecule has 0 saturated carbocycles. The molecule has 1 fully saturated rings. The highest BCUT2D eigenvalue weighted by atomic mass is 16.5. The molecule has 7 heteroatoms. The van der Waals surface area contributed by atoms with Crippen molar-refractivity contribution in [2.24, 2.45) is 0 Å². The van der Waals surface area contributed by atoms with Gasteiger partial charge >= 0.3 is 5.97 Å². The lowest BCUT2D eigenvalue weighted by Gasteiger charge is -2.21. The Labute approximate surface area is 164 Å². The Morgan fingerprint density at radius 2 is 2.21 bits per heavy atom. The Hall–Kier alpha value is -2.80. The van der Waals surface area contributed by atoms with E-state index in [-0.39, 0.29) is 28.9 Å². The van der Waals surface area contributed by atoms with Crippen LogP contribution in [0.5, 0.6) is 11.5 Å². The number of carbonyl (C=O) groups is 2. The smallest absolute Gasteiger partial charge is 0.340 e. The van der Waals surface area contributed by atoms with Crippen molar-refractivity contribution in [2.75, 3.05) is 26.9 Å². The topological polar surface area (TPSA) is 85.3 Å². The van der Waals surface area contributed by atoms with Gasteiger partial charge in [-0.2, -0.15) is 0 Å². The summed E-state index contributed by atoms with van der Waals surface area (Å²) in [5.74, 6) is -0.662. The number of aromatic hydroxyl groups is 1. The molecule has 1 aromatic carbocycles. The van der Waals surface area contributed by atoms with E-state index >= 15 is 0 Å². The minimum atomic E-state index is -0.590. The third-order valence-electron chi connectivity index (χ3n) is 4.94. The monoisotopic (exact) mass is 387 g/mol. The minimum Gasteiger partial charge on any atom is -0.504 e. The molecule has 28 heavy (non-hydrogen) atoms. The summed E-state index contributed by atoms with van der Waals surface area (Å²) in [4.78, 5) is 27.0. The summed E-state index contributed by atoms with van der Waals surface area (Å²) in [5.41, 5.74) is 1.31. The molecular formula is C21H25NO6. The van der Waals surface area contributed by atoms with Crippen LogP contribution in [0.1, 0.15) is 32.3 Å². The Morgan fingerprint density at radius 1 is 1.43 bits per heavy atom. The van der Waals surface area contributed by atoms with Crippen molar-refractivity contribution >= 4 is 18.0 Å². The van der Waals surface area contributed by atoms with E-state index in [1.54, 1.807) is 30.0 Å². The van der Waals surface area contributed by atoms with E-state index < -0.39 is 5.97 Å². The molecule has 2 aliphatic rings. The average Bonchev–Trinajstić information content (AvgIpc) is 3.27. The lowest BCUT2D eigenvalue weighted by atomic mass is 10.0. The number of carbonyl (C=O) groups excluding carboxylic acids is 2. The van der Waals surface area contributed by atoms with Gasteiger partial charge in [-0.25, -0.2) is 4.79 Å². The number of phenols is 1. The Bertz CT molecular complexity index is 835. The molecule has 0 spiro atoms. The molecule has 0 aromatic heterocycles. The van der Waals surface area contributed by atoms with Gasteiger partial charge in [0.25, 0.3) is 5.91 Å². The molecule has 1 saturated heterocycles. The number of nitrogens with zero attached hydrogens (tertiary/aromatic N) is 1. The highest BCUT2D eigenvalue weighted by Crippen LogP contribution is 2.36. The van der Waals surface area contributed by atoms with E-state index in [1.165, 1.54) is 13.2 Å². The van der Waals surface area contributed by atoms with Gasteiger partial charge in [-0.3, -0.25) is 4.79 Å². The third kappa shape index (κ3) is 3.75. The summed E-state index contributed by atoms with van der Waals surface area (Å²) in [6.45, 7) is 4.99. The molecule has 0 aliphatic carbocycles. The van der Waals surface area contributed by atoms with Gasteiger partial charge in [-0.1, -0.05) is 12.1 Å². The fourth-order valence-corrected chi connectivity index (χ4v) is 3.52. The molecule has 2 heterocycles. The lowest BCUT2D eigenvalue weighted by Crippen LogP contribution is -2.33. The Morgan fingerprint density at radius 3 is 2.86 bits per heavy atom. The van der Waals surface area contributed by atoms with Crippen LogP contribution in [-0.4, -0.2) is 54.9 Å². The van der Waals surface area contributed by atoms with E-state index in [9.17, 15) is 14.7 Å². The number of hydrogen-bond acceptors (Lipinski definition) is 6. The first kappa shape index (κ1) is 19.9. The third-order valence-corrected chi connectivity index (χ3v) is 4.94. The molecule has 1 unspecified atom stereocenters. The maximum Gasteiger partial charge on any atom is 0.340 e. The van der Waals surface area contributed by atoms with Crippen LogP contribution >= 0.6 is 0 Å². The summed E-state index contributed by atoms with van der Waals surface area (Å²) in [6.07, 6.45) is 3.29. The van der Waals surface area contributed by atoms with Crippen LogP contribution < -0.4 is 4.74 Å². The van der Waals surface area contributed by atoms with Crippen molar-refractivity contribution in [3.05, 3.63) is 40.6 Å². The number of ether oxygens (including phenoxy) is 3. The SMILES string of the molecule is CCOc1cccc(/C=C2\C(=O)N(CC3CCCO3)C(C)=C2C(=O)OC)c1O. The fraction of sp³-hybridized carbons (Fsp3) is 0.429. The quantitative estimate of drug-likeness (QED) is 0.597. The number of esters is 1. The number of para-hydroxylation sites is 1. The number of allylic oxidation sites excluding steroid dienone is 1. The summed E-state index contributed by atoms with van der Waals surface area (Å²) in [7, 11) is 1.28. The van der Waals surface area contributed by atoms with Crippen molar-refractivity contribution in [3.8, 4) is 11.5 Å². The van der Waals surface area contributed by atoms with Crippen LogP contribution in [0.3, 0.4) is 0 Å². The molecule has 150 valence electrons. The summed E-state index contributed by atoms with van der Waals surface area (Å²) >= 11 is 0. The van der Waals surface area contributed by atoms with Gasteiger partial charge in [-0.15, -0.1) is 0 Å². The maximum absolute atomic E-state index is 13.1. The standard InChI is InChI=1S/C21H25NO6/c1-4-27-17-9-5-7-14(19(17)23)11-16-18(21(25)26-3)13(2)22(20(16)24)12-15-8-6-10-28-15/h5,7,9,11,15,23H,4,6,8,10,12H2,1-3H3/b16-11-. The molecule has 3 rings (SSSR count). The van der Waals surface area contributed by atoms with Crippen molar-refractivity contribution in [1.29, 1.82) is 0 Å². The second-order valence-electron chi connectivity index (χ2n) is 6.69. The molecule has 1 N–H and O–H groups in total. The molecular weight excluding hydrogens is 362 g/mol. The summed E-state index contributed by atoms with van der Waals surface area (Å²) in [6, 6.07) is 5.02.